The van der Waals surface area contributed by atoms with Crippen LogP contribution in [0.2, 0.25) is 0 Å². The number of hydrogen-bond acceptors (Lipinski definition) is 5. The van der Waals surface area contributed by atoms with Gasteiger partial charge in [-0.1, -0.05) is 12.1 Å². The standard InChI is InChI=1S/C19H17N3O4/c1-21(12-13-5-6-15-16(10-13)26-9-8-25-15)18(23)14-11-20-17-4-2-3-7-22(17)19(14)24/h2-7,10-11H,8-9,12H2,1H3. The second-order valence-electron chi connectivity index (χ2n) is 6.05. The summed E-state index contributed by atoms with van der Waals surface area (Å²) in [4.78, 5) is 31.0. The van der Waals surface area contributed by atoms with Crippen molar-refractivity contribution in [3.63, 3.8) is 0 Å². The molecule has 1 aliphatic rings. The topological polar surface area (TPSA) is 73.1 Å². The maximum absolute atomic E-state index is 12.7. The first-order chi connectivity index (χ1) is 12.6. The van der Waals surface area contributed by atoms with Crippen LogP contribution >= 0.6 is 0 Å². The van der Waals surface area contributed by atoms with Crippen LogP contribution in [0.4, 0.5) is 0 Å². The molecule has 0 radical (unpaired) electrons. The zero-order chi connectivity index (χ0) is 18.1. The Morgan fingerprint density at radius 2 is 2.00 bits per heavy atom. The Labute approximate surface area is 149 Å². The number of aromatic nitrogens is 2. The molecule has 0 saturated heterocycles. The molecule has 4 rings (SSSR count). The number of pyridine rings is 1. The van der Waals surface area contributed by atoms with Gasteiger partial charge in [0, 0.05) is 26.0 Å². The van der Waals surface area contributed by atoms with Crippen LogP contribution in [0, 0.1) is 0 Å². The van der Waals surface area contributed by atoms with Crippen LogP contribution in [0.25, 0.3) is 5.65 Å². The average Bonchev–Trinajstić information content (AvgIpc) is 2.68. The van der Waals surface area contributed by atoms with Gasteiger partial charge in [-0.15, -0.1) is 0 Å². The van der Waals surface area contributed by atoms with E-state index >= 15 is 0 Å². The summed E-state index contributed by atoms with van der Waals surface area (Å²) in [6.07, 6.45) is 2.93. The Bertz CT molecular complexity index is 1040. The second-order valence-corrected chi connectivity index (χ2v) is 6.05. The van der Waals surface area contributed by atoms with Gasteiger partial charge in [-0.3, -0.25) is 14.0 Å². The molecule has 0 atom stereocenters. The summed E-state index contributed by atoms with van der Waals surface area (Å²) in [6.45, 7) is 1.38. The number of nitrogens with zero attached hydrogens (tertiary/aromatic N) is 3. The van der Waals surface area contributed by atoms with Crippen molar-refractivity contribution < 1.29 is 14.3 Å². The highest BCUT2D eigenvalue weighted by atomic mass is 16.6. The summed E-state index contributed by atoms with van der Waals surface area (Å²) in [5.41, 5.74) is 1.05. The van der Waals surface area contributed by atoms with Crippen molar-refractivity contribution in [3.05, 3.63) is 70.3 Å². The minimum absolute atomic E-state index is 0.0359. The SMILES string of the molecule is CN(Cc1ccc2c(c1)OCCO2)C(=O)c1cnc2ccccn2c1=O. The third-order valence-corrected chi connectivity index (χ3v) is 4.22. The summed E-state index contributed by atoms with van der Waals surface area (Å²) >= 11 is 0. The lowest BCUT2D eigenvalue weighted by molar-refractivity contribution is 0.0782. The summed E-state index contributed by atoms with van der Waals surface area (Å²) in [5.74, 6) is 0.989. The van der Waals surface area contributed by atoms with Crippen LogP contribution in [-0.2, 0) is 6.54 Å². The van der Waals surface area contributed by atoms with E-state index in [1.165, 1.54) is 15.5 Å². The molecule has 1 aliphatic heterocycles. The molecule has 0 bridgehead atoms. The fourth-order valence-electron chi connectivity index (χ4n) is 2.91. The fraction of sp³-hybridized carbons (Fsp3) is 0.211. The number of ether oxygens (including phenoxy) is 2. The van der Waals surface area contributed by atoms with Gasteiger partial charge < -0.3 is 14.4 Å². The number of rotatable bonds is 3. The molecule has 26 heavy (non-hydrogen) atoms. The zero-order valence-electron chi connectivity index (χ0n) is 14.2. The molecule has 0 aliphatic carbocycles. The molecule has 7 nitrogen and oxygen atoms in total. The van der Waals surface area contributed by atoms with Gasteiger partial charge in [-0.2, -0.15) is 0 Å². The Morgan fingerprint density at radius 3 is 2.85 bits per heavy atom. The van der Waals surface area contributed by atoms with Gasteiger partial charge in [0.05, 0.1) is 0 Å². The smallest absolute Gasteiger partial charge is 0.270 e. The highest BCUT2D eigenvalue weighted by Gasteiger charge is 2.19. The number of fused-ring (bicyclic) bond motifs is 2. The van der Waals surface area contributed by atoms with E-state index in [2.05, 4.69) is 4.98 Å². The molecular formula is C19H17N3O4. The van der Waals surface area contributed by atoms with Crippen molar-refractivity contribution in [3.8, 4) is 11.5 Å². The van der Waals surface area contributed by atoms with Crippen LogP contribution < -0.4 is 15.0 Å². The van der Waals surface area contributed by atoms with Crippen molar-refractivity contribution in [1.29, 1.82) is 0 Å². The molecule has 132 valence electrons. The van der Waals surface area contributed by atoms with Gasteiger partial charge in [-0.25, -0.2) is 4.98 Å². The largest absolute Gasteiger partial charge is 0.486 e. The first kappa shape index (κ1) is 16.1. The van der Waals surface area contributed by atoms with Crippen molar-refractivity contribution >= 4 is 11.6 Å². The van der Waals surface area contributed by atoms with Crippen LogP contribution in [-0.4, -0.2) is 40.5 Å². The van der Waals surface area contributed by atoms with E-state index in [-0.39, 0.29) is 17.0 Å². The van der Waals surface area contributed by atoms with E-state index < -0.39 is 0 Å². The zero-order valence-corrected chi connectivity index (χ0v) is 14.2. The highest BCUT2D eigenvalue weighted by Crippen LogP contribution is 2.31. The maximum atomic E-state index is 12.7. The second kappa shape index (κ2) is 6.51. The number of amides is 1. The molecule has 2 aromatic heterocycles. The van der Waals surface area contributed by atoms with Crippen molar-refractivity contribution in [2.75, 3.05) is 20.3 Å². The van der Waals surface area contributed by atoms with E-state index in [0.29, 0.717) is 36.9 Å². The monoisotopic (exact) mass is 351 g/mol. The summed E-state index contributed by atoms with van der Waals surface area (Å²) in [7, 11) is 1.65. The number of carbonyl (C=O) groups is 1. The van der Waals surface area contributed by atoms with Crippen LogP contribution in [0.3, 0.4) is 0 Å². The Morgan fingerprint density at radius 1 is 1.19 bits per heavy atom. The summed E-state index contributed by atoms with van der Waals surface area (Å²) < 4.78 is 12.4. The number of hydrogen-bond donors (Lipinski definition) is 0. The van der Waals surface area contributed by atoms with E-state index in [1.54, 1.807) is 31.4 Å². The third kappa shape index (κ3) is 2.88. The molecule has 0 unspecified atom stereocenters. The molecule has 0 spiro atoms. The van der Waals surface area contributed by atoms with Gasteiger partial charge in [0.15, 0.2) is 11.5 Å². The predicted molar refractivity (Wildman–Crippen MR) is 94.7 cm³/mol. The molecule has 0 fully saturated rings. The molecule has 1 amide bonds. The average molecular weight is 351 g/mol. The molecule has 7 heteroatoms. The van der Waals surface area contributed by atoms with Crippen molar-refractivity contribution in [2.24, 2.45) is 0 Å². The van der Waals surface area contributed by atoms with E-state index in [9.17, 15) is 9.59 Å². The molecule has 3 heterocycles. The Hall–Kier alpha value is -3.35. The van der Waals surface area contributed by atoms with Gasteiger partial charge in [-0.05, 0) is 29.8 Å². The lowest BCUT2D eigenvalue weighted by atomic mass is 10.1. The molecule has 0 N–H and O–H groups in total. The minimum Gasteiger partial charge on any atom is -0.486 e. The van der Waals surface area contributed by atoms with E-state index in [0.717, 1.165) is 5.56 Å². The Balaban J connectivity index is 1.59. The normalized spacial score (nSPS) is 12.8. The van der Waals surface area contributed by atoms with Crippen molar-refractivity contribution in [1.82, 2.24) is 14.3 Å². The number of benzene rings is 1. The Kier molecular flexibility index (Phi) is 4.04. The van der Waals surface area contributed by atoms with Crippen LogP contribution in [0.1, 0.15) is 15.9 Å². The first-order valence-electron chi connectivity index (χ1n) is 8.24. The van der Waals surface area contributed by atoms with Gasteiger partial charge >= 0.3 is 0 Å². The predicted octanol–water partition coefficient (Wildman–Crippen LogP) is 1.74. The van der Waals surface area contributed by atoms with Gasteiger partial charge in [0.2, 0.25) is 0 Å². The highest BCUT2D eigenvalue weighted by molar-refractivity contribution is 5.93. The summed E-state index contributed by atoms with van der Waals surface area (Å²) in [6, 6.07) is 10.8. The summed E-state index contributed by atoms with van der Waals surface area (Å²) in [5, 5.41) is 0. The maximum Gasteiger partial charge on any atom is 0.270 e. The third-order valence-electron chi connectivity index (χ3n) is 4.22. The molecule has 1 aromatic carbocycles. The molecule has 3 aromatic rings. The quantitative estimate of drug-likeness (QED) is 0.719. The van der Waals surface area contributed by atoms with Crippen LogP contribution in [0.15, 0.2) is 53.6 Å². The minimum atomic E-state index is -0.380. The lowest BCUT2D eigenvalue weighted by Gasteiger charge is -2.21. The van der Waals surface area contributed by atoms with Gasteiger partial charge in [0.25, 0.3) is 11.5 Å². The lowest BCUT2D eigenvalue weighted by Crippen LogP contribution is -2.33. The number of carbonyl (C=O) groups excluding carboxylic acids is 1. The first-order valence-corrected chi connectivity index (χ1v) is 8.24. The molecule has 0 saturated carbocycles. The van der Waals surface area contributed by atoms with Crippen LogP contribution in [0.5, 0.6) is 11.5 Å². The molecular weight excluding hydrogens is 334 g/mol. The van der Waals surface area contributed by atoms with E-state index in [1.807, 2.05) is 18.2 Å². The fourth-order valence-corrected chi connectivity index (χ4v) is 2.91. The van der Waals surface area contributed by atoms with Crippen molar-refractivity contribution in [2.45, 2.75) is 6.54 Å². The van der Waals surface area contributed by atoms with Gasteiger partial charge in [0.1, 0.15) is 24.4 Å². The van der Waals surface area contributed by atoms with E-state index in [4.69, 9.17) is 9.47 Å².